The highest BCUT2D eigenvalue weighted by molar-refractivity contribution is 5.88. The molecule has 0 atom stereocenters. The van der Waals surface area contributed by atoms with Crippen LogP contribution in [0.3, 0.4) is 0 Å². The SMILES string of the molecule is COC(=O)C#CCOc1cccc([N+](=O)[O-])c1. The van der Waals surface area contributed by atoms with E-state index in [-0.39, 0.29) is 12.3 Å². The Labute approximate surface area is 97.3 Å². The molecule has 0 aliphatic rings. The maximum Gasteiger partial charge on any atom is 0.384 e. The predicted molar refractivity (Wildman–Crippen MR) is 58.4 cm³/mol. The molecule has 0 saturated heterocycles. The molecule has 0 bridgehead atoms. The number of carbonyl (C=O) groups is 1. The zero-order chi connectivity index (χ0) is 12.7. The third-order valence-corrected chi connectivity index (χ3v) is 1.72. The van der Waals surface area contributed by atoms with E-state index in [1.807, 2.05) is 0 Å². The molecule has 6 nitrogen and oxygen atoms in total. The molecule has 0 radical (unpaired) electrons. The van der Waals surface area contributed by atoms with E-state index in [2.05, 4.69) is 16.6 Å². The van der Waals surface area contributed by atoms with Crippen LogP contribution in [-0.4, -0.2) is 24.6 Å². The second kappa shape index (κ2) is 6.12. The van der Waals surface area contributed by atoms with Gasteiger partial charge in [0.25, 0.3) is 5.69 Å². The number of nitro groups is 1. The Kier molecular flexibility index (Phi) is 4.51. The number of methoxy groups -OCH3 is 1. The van der Waals surface area contributed by atoms with Gasteiger partial charge in [-0.1, -0.05) is 6.07 Å². The number of carbonyl (C=O) groups excluding carboxylic acids is 1. The Hall–Kier alpha value is -2.55. The Bertz CT molecular complexity index is 486. The van der Waals surface area contributed by atoms with E-state index in [1.54, 1.807) is 6.07 Å². The molecule has 0 spiro atoms. The molecular weight excluding hydrogens is 226 g/mol. The van der Waals surface area contributed by atoms with Gasteiger partial charge in [0.2, 0.25) is 0 Å². The molecule has 1 aromatic carbocycles. The number of non-ortho nitro benzene ring substituents is 1. The fraction of sp³-hybridized carbons (Fsp3) is 0.182. The first-order valence-electron chi connectivity index (χ1n) is 4.57. The van der Waals surface area contributed by atoms with Gasteiger partial charge in [-0.2, -0.15) is 0 Å². The molecule has 0 fully saturated rings. The largest absolute Gasteiger partial charge is 0.481 e. The Morgan fingerprint density at radius 1 is 1.53 bits per heavy atom. The number of rotatable bonds is 3. The molecule has 0 aromatic heterocycles. The summed E-state index contributed by atoms with van der Waals surface area (Å²) in [5.74, 6) is 4.24. The molecule has 88 valence electrons. The summed E-state index contributed by atoms with van der Waals surface area (Å²) in [6.45, 7) is -0.0454. The van der Waals surface area contributed by atoms with Crippen LogP contribution in [0.1, 0.15) is 0 Å². The Morgan fingerprint density at radius 2 is 2.29 bits per heavy atom. The van der Waals surface area contributed by atoms with Gasteiger partial charge in [0.15, 0.2) is 0 Å². The van der Waals surface area contributed by atoms with E-state index >= 15 is 0 Å². The number of hydrogen-bond donors (Lipinski definition) is 0. The molecule has 0 N–H and O–H groups in total. The van der Waals surface area contributed by atoms with Gasteiger partial charge in [-0.05, 0) is 12.0 Å². The van der Waals surface area contributed by atoms with E-state index in [9.17, 15) is 14.9 Å². The lowest BCUT2D eigenvalue weighted by molar-refractivity contribution is -0.384. The molecule has 0 amide bonds. The summed E-state index contributed by atoms with van der Waals surface area (Å²) < 4.78 is 9.40. The molecule has 0 heterocycles. The van der Waals surface area contributed by atoms with Gasteiger partial charge in [-0.15, -0.1) is 0 Å². The third-order valence-electron chi connectivity index (χ3n) is 1.72. The second-order valence-electron chi connectivity index (χ2n) is 2.84. The highest BCUT2D eigenvalue weighted by atomic mass is 16.6. The van der Waals surface area contributed by atoms with Gasteiger partial charge < -0.3 is 9.47 Å². The van der Waals surface area contributed by atoms with Gasteiger partial charge in [0, 0.05) is 12.0 Å². The summed E-state index contributed by atoms with van der Waals surface area (Å²) in [5, 5.41) is 10.5. The highest BCUT2D eigenvalue weighted by Gasteiger charge is 2.05. The van der Waals surface area contributed by atoms with Crippen LogP contribution in [0, 0.1) is 22.0 Å². The second-order valence-corrected chi connectivity index (χ2v) is 2.84. The zero-order valence-electron chi connectivity index (χ0n) is 9.00. The van der Waals surface area contributed by atoms with E-state index in [0.717, 1.165) is 0 Å². The number of ether oxygens (including phenoxy) is 2. The molecule has 0 aliphatic heterocycles. The van der Waals surface area contributed by atoms with Crippen LogP contribution in [0.15, 0.2) is 24.3 Å². The number of nitrogens with zero attached hydrogens (tertiary/aromatic N) is 1. The quantitative estimate of drug-likeness (QED) is 0.258. The summed E-state index contributed by atoms with van der Waals surface area (Å²) >= 11 is 0. The smallest absolute Gasteiger partial charge is 0.384 e. The van der Waals surface area contributed by atoms with Crippen molar-refractivity contribution in [3.8, 4) is 17.6 Å². The van der Waals surface area contributed by atoms with Crippen LogP contribution in [-0.2, 0) is 9.53 Å². The van der Waals surface area contributed by atoms with Gasteiger partial charge in [0.1, 0.15) is 12.4 Å². The van der Waals surface area contributed by atoms with Gasteiger partial charge in [-0.25, -0.2) is 4.79 Å². The summed E-state index contributed by atoms with van der Waals surface area (Å²) in [5.41, 5.74) is -0.0663. The first-order valence-corrected chi connectivity index (χ1v) is 4.57. The Balaban J connectivity index is 2.57. The molecule has 6 heteroatoms. The predicted octanol–water partition coefficient (Wildman–Crippen LogP) is 1.15. The molecule has 0 unspecified atom stereocenters. The monoisotopic (exact) mass is 235 g/mol. The van der Waals surface area contributed by atoms with Crippen molar-refractivity contribution < 1.29 is 19.2 Å². The minimum atomic E-state index is -0.660. The van der Waals surface area contributed by atoms with Crippen LogP contribution >= 0.6 is 0 Å². The zero-order valence-corrected chi connectivity index (χ0v) is 9.00. The van der Waals surface area contributed by atoms with Crippen molar-refractivity contribution in [1.29, 1.82) is 0 Å². The maximum atomic E-state index is 10.6. The van der Waals surface area contributed by atoms with Crippen molar-refractivity contribution in [1.82, 2.24) is 0 Å². The van der Waals surface area contributed by atoms with E-state index < -0.39 is 10.9 Å². The van der Waals surface area contributed by atoms with E-state index in [4.69, 9.17) is 4.74 Å². The highest BCUT2D eigenvalue weighted by Crippen LogP contribution is 2.18. The van der Waals surface area contributed by atoms with E-state index in [1.165, 1.54) is 25.3 Å². The van der Waals surface area contributed by atoms with Gasteiger partial charge in [0.05, 0.1) is 18.1 Å². The average molecular weight is 235 g/mol. The van der Waals surface area contributed by atoms with Crippen LogP contribution in [0.2, 0.25) is 0 Å². The first-order chi connectivity index (χ1) is 8.13. The fourth-order valence-corrected chi connectivity index (χ4v) is 0.966. The molecule has 17 heavy (non-hydrogen) atoms. The summed E-state index contributed by atoms with van der Waals surface area (Å²) in [6, 6.07) is 5.70. The van der Waals surface area contributed by atoms with Crippen LogP contribution in [0.4, 0.5) is 5.69 Å². The molecule has 0 saturated carbocycles. The van der Waals surface area contributed by atoms with Crippen molar-refractivity contribution >= 4 is 11.7 Å². The standard InChI is InChI=1S/C11H9NO5/c1-16-11(13)6-3-7-17-10-5-2-4-9(8-10)12(14)15/h2,4-5,8H,7H2,1H3. The average Bonchev–Trinajstić information content (AvgIpc) is 2.34. The molecule has 1 rings (SSSR count). The third kappa shape index (κ3) is 4.22. The van der Waals surface area contributed by atoms with Crippen molar-refractivity contribution in [2.24, 2.45) is 0 Å². The van der Waals surface area contributed by atoms with Crippen LogP contribution < -0.4 is 4.74 Å². The minimum absolute atomic E-state index is 0.0454. The number of esters is 1. The van der Waals surface area contributed by atoms with Gasteiger partial charge in [-0.3, -0.25) is 10.1 Å². The lowest BCUT2D eigenvalue weighted by Gasteiger charge is -2.00. The molecule has 0 aliphatic carbocycles. The normalized spacial score (nSPS) is 8.76. The molecular formula is C11H9NO5. The lowest BCUT2D eigenvalue weighted by Crippen LogP contribution is -1.98. The summed E-state index contributed by atoms with van der Waals surface area (Å²) in [7, 11) is 1.22. The van der Waals surface area contributed by atoms with Crippen molar-refractivity contribution in [3.63, 3.8) is 0 Å². The minimum Gasteiger partial charge on any atom is -0.481 e. The summed E-state index contributed by atoms with van der Waals surface area (Å²) in [6.07, 6.45) is 0. The maximum absolute atomic E-state index is 10.6. The van der Waals surface area contributed by atoms with Gasteiger partial charge >= 0.3 is 5.97 Å². The van der Waals surface area contributed by atoms with Crippen molar-refractivity contribution in [3.05, 3.63) is 34.4 Å². The van der Waals surface area contributed by atoms with Crippen LogP contribution in [0.5, 0.6) is 5.75 Å². The topological polar surface area (TPSA) is 78.7 Å². The first kappa shape index (κ1) is 12.5. The summed E-state index contributed by atoms with van der Waals surface area (Å²) in [4.78, 5) is 20.6. The van der Waals surface area contributed by atoms with Crippen LogP contribution in [0.25, 0.3) is 0 Å². The van der Waals surface area contributed by atoms with Crippen molar-refractivity contribution in [2.45, 2.75) is 0 Å². The molecule has 1 aromatic rings. The van der Waals surface area contributed by atoms with Crippen molar-refractivity contribution in [2.75, 3.05) is 13.7 Å². The fourth-order valence-electron chi connectivity index (χ4n) is 0.966. The van der Waals surface area contributed by atoms with E-state index in [0.29, 0.717) is 5.75 Å². The Morgan fingerprint density at radius 3 is 2.94 bits per heavy atom. The number of hydrogen-bond acceptors (Lipinski definition) is 5. The lowest BCUT2D eigenvalue weighted by atomic mass is 10.3. The number of nitro benzene ring substituents is 1. The number of benzene rings is 1.